The van der Waals surface area contributed by atoms with Crippen LogP contribution in [0.25, 0.3) is 0 Å². The molecule has 27 heavy (non-hydrogen) atoms. The average Bonchev–Trinajstić information content (AvgIpc) is 2.90. The number of nitrogens with one attached hydrogen (secondary N) is 1. The van der Waals surface area contributed by atoms with Gasteiger partial charge in [0.05, 0.1) is 17.9 Å². The number of H-pyrrole nitrogens is 1. The molecule has 0 aliphatic heterocycles. The molecule has 0 saturated heterocycles. The van der Waals surface area contributed by atoms with E-state index >= 15 is 0 Å². The number of esters is 2. The molecule has 0 spiro atoms. The zero-order valence-electron chi connectivity index (χ0n) is 15.7. The highest BCUT2D eigenvalue weighted by molar-refractivity contribution is 6.03. The highest BCUT2D eigenvalue weighted by atomic mass is 16.5. The fraction of sp³-hybridized carbons (Fsp3) is 0.368. The molecule has 8 nitrogen and oxygen atoms in total. The van der Waals surface area contributed by atoms with Crippen LogP contribution in [-0.2, 0) is 20.8 Å². The van der Waals surface area contributed by atoms with Gasteiger partial charge in [0, 0.05) is 18.0 Å². The molecule has 2 aromatic rings. The highest BCUT2D eigenvalue weighted by Gasteiger charge is 2.27. The first-order chi connectivity index (χ1) is 12.8. The number of aromatic amines is 1. The van der Waals surface area contributed by atoms with Crippen molar-refractivity contribution in [3.8, 4) is 0 Å². The second kappa shape index (κ2) is 8.48. The van der Waals surface area contributed by atoms with E-state index in [2.05, 4.69) is 4.98 Å². The SMILES string of the molecule is CCOC(=O)c1c(C)[nH]c(C(=O)[C@H](C)OC(=O)Cn2ccccc2=O)c1C. The van der Waals surface area contributed by atoms with E-state index in [0.717, 1.165) is 0 Å². The van der Waals surface area contributed by atoms with Crippen LogP contribution in [0.3, 0.4) is 0 Å². The van der Waals surface area contributed by atoms with Gasteiger partial charge >= 0.3 is 11.9 Å². The minimum Gasteiger partial charge on any atom is -0.462 e. The van der Waals surface area contributed by atoms with E-state index in [4.69, 9.17) is 9.47 Å². The minimum atomic E-state index is -1.08. The van der Waals surface area contributed by atoms with Crippen LogP contribution in [-0.4, -0.2) is 40.0 Å². The van der Waals surface area contributed by atoms with Crippen LogP contribution in [0.1, 0.15) is 46.0 Å². The number of carbonyl (C=O) groups excluding carboxylic acids is 3. The van der Waals surface area contributed by atoms with Gasteiger partial charge in [-0.25, -0.2) is 4.79 Å². The molecule has 0 saturated carbocycles. The third-order valence-corrected chi connectivity index (χ3v) is 4.04. The van der Waals surface area contributed by atoms with Crippen LogP contribution in [0, 0.1) is 13.8 Å². The summed E-state index contributed by atoms with van der Waals surface area (Å²) in [6.07, 6.45) is 0.379. The van der Waals surface area contributed by atoms with Gasteiger partial charge < -0.3 is 19.0 Å². The Hall–Kier alpha value is -3.16. The molecule has 0 unspecified atom stereocenters. The van der Waals surface area contributed by atoms with Crippen molar-refractivity contribution in [3.05, 3.63) is 57.3 Å². The van der Waals surface area contributed by atoms with Crippen molar-refractivity contribution in [2.45, 2.75) is 40.3 Å². The Kier molecular flexibility index (Phi) is 6.33. The van der Waals surface area contributed by atoms with Crippen LogP contribution in [0.4, 0.5) is 0 Å². The standard InChI is InChI=1S/C19H22N2O6/c1-5-26-19(25)16-11(2)17(20-12(16)3)18(24)13(4)27-15(23)10-21-9-7-6-8-14(21)22/h6-9,13,20H,5,10H2,1-4H3/t13-/m0/s1. The first-order valence-corrected chi connectivity index (χ1v) is 8.51. The maximum absolute atomic E-state index is 12.6. The summed E-state index contributed by atoms with van der Waals surface area (Å²) in [6, 6.07) is 4.50. The van der Waals surface area contributed by atoms with Gasteiger partial charge in [-0.1, -0.05) is 6.07 Å². The van der Waals surface area contributed by atoms with E-state index < -0.39 is 23.8 Å². The molecule has 1 atom stereocenters. The van der Waals surface area contributed by atoms with Crippen LogP contribution < -0.4 is 5.56 Å². The topological polar surface area (TPSA) is 107 Å². The van der Waals surface area contributed by atoms with Gasteiger partial charge in [-0.15, -0.1) is 0 Å². The fourth-order valence-corrected chi connectivity index (χ4v) is 2.73. The number of Topliss-reactive ketones (excluding diaryl/α,β-unsaturated/α-hetero) is 1. The van der Waals surface area contributed by atoms with Crippen LogP contribution in [0.5, 0.6) is 0 Å². The van der Waals surface area contributed by atoms with Gasteiger partial charge in [0.25, 0.3) is 5.56 Å². The number of rotatable bonds is 7. The quantitative estimate of drug-likeness (QED) is 0.585. The molecule has 8 heteroatoms. The fourth-order valence-electron chi connectivity index (χ4n) is 2.73. The van der Waals surface area contributed by atoms with Crippen molar-refractivity contribution in [2.75, 3.05) is 6.61 Å². The summed E-state index contributed by atoms with van der Waals surface area (Å²) >= 11 is 0. The lowest BCUT2D eigenvalue weighted by molar-refractivity contribution is -0.147. The predicted molar refractivity (Wildman–Crippen MR) is 96.8 cm³/mol. The molecule has 0 radical (unpaired) electrons. The van der Waals surface area contributed by atoms with E-state index in [1.165, 1.54) is 23.8 Å². The van der Waals surface area contributed by atoms with Crippen LogP contribution in [0.15, 0.2) is 29.2 Å². The smallest absolute Gasteiger partial charge is 0.340 e. The van der Waals surface area contributed by atoms with Gasteiger partial charge in [-0.3, -0.25) is 14.4 Å². The van der Waals surface area contributed by atoms with E-state index in [1.807, 2.05) is 0 Å². The van der Waals surface area contributed by atoms with E-state index in [0.29, 0.717) is 16.8 Å². The molecule has 2 rings (SSSR count). The van der Waals surface area contributed by atoms with Crippen molar-refractivity contribution in [3.63, 3.8) is 0 Å². The first-order valence-electron chi connectivity index (χ1n) is 8.51. The van der Waals surface area contributed by atoms with Gasteiger partial charge in [-0.2, -0.15) is 0 Å². The number of aryl methyl sites for hydroxylation is 1. The molecular weight excluding hydrogens is 352 g/mol. The molecule has 2 aromatic heterocycles. The van der Waals surface area contributed by atoms with Crippen molar-refractivity contribution in [1.29, 1.82) is 0 Å². The van der Waals surface area contributed by atoms with Crippen molar-refractivity contribution in [1.82, 2.24) is 9.55 Å². The molecule has 1 N–H and O–H groups in total. The average molecular weight is 374 g/mol. The number of carbonyl (C=O) groups is 3. The van der Waals surface area contributed by atoms with Crippen LogP contribution in [0.2, 0.25) is 0 Å². The third kappa shape index (κ3) is 4.52. The van der Waals surface area contributed by atoms with E-state index in [1.54, 1.807) is 32.9 Å². The van der Waals surface area contributed by atoms with Crippen LogP contribution >= 0.6 is 0 Å². The molecule has 0 amide bonds. The predicted octanol–water partition coefficient (Wildman–Crippen LogP) is 1.78. The van der Waals surface area contributed by atoms with Gasteiger partial charge in [0.15, 0.2) is 6.10 Å². The number of nitrogens with zero attached hydrogens (tertiary/aromatic N) is 1. The van der Waals surface area contributed by atoms with E-state index in [9.17, 15) is 19.2 Å². The van der Waals surface area contributed by atoms with Crippen molar-refractivity contribution >= 4 is 17.7 Å². The summed E-state index contributed by atoms with van der Waals surface area (Å²) in [5.41, 5.74) is 1.09. The third-order valence-electron chi connectivity index (χ3n) is 4.04. The van der Waals surface area contributed by atoms with Gasteiger partial charge in [-0.05, 0) is 39.3 Å². The normalized spacial score (nSPS) is 11.7. The largest absolute Gasteiger partial charge is 0.462 e. The van der Waals surface area contributed by atoms with Gasteiger partial charge in [0.2, 0.25) is 5.78 Å². The lowest BCUT2D eigenvalue weighted by Gasteiger charge is -2.13. The number of pyridine rings is 1. The Morgan fingerprint density at radius 3 is 2.56 bits per heavy atom. The number of ketones is 1. The Balaban J connectivity index is 2.12. The Morgan fingerprint density at radius 1 is 1.22 bits per heavy atom. The minimum absolute atomic E-state index is 0.188. The molecule has 0 aliphatic rings. The summed E-state index contributed by atoms with van der Waals surface area (Å²) in [6.45, 7) is 6.34. The Labute approximate surface area is 156 Å². The molecule has 0 fully saturated rings. The lowest BCUT2D eigenvalue weighted by atomic mass is 10.1. The molecule has 0 aromatic carbocycles. The Morgan fingerprint density at radius 2 is 1.93 bits per heavy atom. The number of hydrogen-bond donors (Lipinski definition) is 1. The second-order valence-corrected chi connectivity index (χ2v) is 6.01. The summed E-state index contributed by atoms with van der Waals surface area (Å²) in [7, 11) is 0. The second-order valence-electron chi connectivity index (χ2n) is 6.01. The summed E-state index contributed by atoms with van der Waals surface area (Å²) in [5, 5.41) is 0. The zero-order valence-corrected chi connectivity index (χ0v) is 15.7. The monoisotopic (exact) mass is 374 g/mol. The molecule has 0 bridgehead atoms. The maximum Gasteiger partial charge on any atom is 0.340 e. The Bertz CT molecular complexity index is 925. The van der Waals surface area contributed by atoms with Gasteiger partial charge in [0.1, 0.15) is 6.54 Å². The molecular formula is C19H22N2O6. The number of ether oxygens (including phenoxy) is 2. The number of hydrogen-bond acceptors (Lipinski definition) is 6. The van der Waals surface area contributed by atoms with E-state index in [-0.39, 0.29) is 24.4 Å². The van der Waals surface area contributed by atoms with Crippen molar-refractivity contribution < 1.29 is 23.9 Å². The molecule has 0 aliphatic carbocycles. The molecule has 144 valence electrons. The highest BCUT2D eigenvalue weighted by Crippen LogP contribution is 2.21. The first kappa shape index (κ1) is 20.2. The molecule has 2 heterocycles. The summed E-state index contributed by atoms with van der Waals surface area (Å²) < 4.78 is 11.3. The summed E-state index contributed by atoms with van der Waals surface area (Å²) in [4.78, 5) is 51.2. The zero-order chi connectivity index (χ0) is 20.1. The lowest BCUT2D eigenvalue weighted by Crippen LogP contribution is -2.30. The number of aromatic nitrogens is 2. The van der Waals surface area contributed by atoms with Crippen molar-refractivity contribution in [2.24, 2.45) is 0 Å². The summed E-state index contributed by atoms with van der Waals surface area (Å²) in [5.74, 6) is -1.70. The maximum atomic E-state index is 12.6.